The number of aromatic nitrogens is 1. The molecule has 0 bridgehead atoms. The van der Waals surface area contributed by atoms with Crippen molar-refractivity contribution in [3.63, 3.8) is 0 Å². The zero-order valence-corrected chi connectivity index (χ0v) is 21.1. The second-order valence-corrected chi connectivity index (χ2v) is 10.6. The summed E-state index contributed by atoms with van der Waals surface area (Å²) in [7, 11) is 5.52. The summed E-state index contributed by atoms with van der Waals surface area (Å²) < 4.78 is 12.0. The number of likely N-dealkylation sites (tertiary alicyclic amines) is 1. The lowest BCUT2D eigenvalue weighted by molar-refractivity contribution is 0.156. The number of anilines is 1. The predicted octanol–water partition coefficient (Wildman–Crippen LogP) is 5.28. The van der Waals surface area contributed by atoms with Gasteiger partial charge in [0.15, 0.2) is 16.6 Å². The topological polar surface area (TPSA) is 75.7 Å². The van der Waals surface area contributed by atoms with Crippen molar-refractivity contribution in [3.05, 3.63) is 47.0 Å². The number of ether oxygens (including phenoxy) is 2. The summed E-state index contributed by atoms with van der Waals surface area (Å²) in [6, 6.07) is 12.1. The molecule has 34 heavy (non-hydrogen) atoms. The third kappa shape index (κ3) is 4.19. The lowest BCUT2D eigenvalue weighted by Gasteiger charge is -2.45. The molecule has 2 N–H and O–H groups in total. The van der Waals surface area contributed by atoms with Gasteiger partial charge in [0.05, 0.1) is 24.4 Å². The maximum Gasteiger partial charge on any atom is 0.321 e. The quantitative estimate of drug-likeness (QED) is 0.498. The first-order valence-electron chi connectivity index (χ1n) is 11.5. The Balaban J connectivity index is 1.29. The number of fused-ring (bicyclic) bond motifs is 2. The van der Waals surface area contributed by atoms with Crippen LogP contribution in [-0.2, 0) is 5.41 Å². The summed E-state index contributed by atoms with van der Waals surface area (Å²) in [6.07, 6.45) is 3.91. The van der Waals surface area contributed by atoms with Crippen LogP contribution in [0.25, 0.3) is 10.2 Å². The summed E-state index contributed by atoms with van der Waals surface area (Å²) in [5.74, 6) is 1.51. The fraction of sp³-hybridized carbons (Fsp3) is 0.440. The van der Waals surface area contributed by atoms with Crippen LogP contribution < -0.4 is 20.1 Å². The van der Waals surface area contributed by atoms with E-state index in [9.17, 15) is 4.79 Å². The van der Waals surface area contributed by atoms with E-state index >= 15 is 0 Å². The molecule has 1 aliphatic heterocycles. The average molecular weight is 501 g/mol. The van der Waals surface area contributed by atoms with Crippen LogP contribution >= 0.6 is 22.9 Å². The van der Waals surface area contributed by atoms with Crippen molar-refractivity contribution < 1.29 is 14.3 Å². The van der Waals surface area contributed by atoms with E-state index in [1.54, 1.807) is 20.3 Å². The number of thiazole rings is 1. The standard InChI is InChI=1S/C25H29ClN4O3S/c1-30-11-10-25(15-4-7-19(32-2)20(12-15)33-3)9-8-17(14-22(25)30)27-23(31)29-24-28-18-6-5-16(26)13-21(18)34-24/h4-7,12-13,17,22H,8-11,14H2,1-3H3,(H2,27,28,29,31)/t17-,22+,25-/m0/s1. The number of nitrogens with zero attached hydrogens (tertiary/aromatic N) is 2. The first-order chi connectivity index (χ1) is 16.4. The summed E-state index contributed by atoms with van der Waals surface area (Å²) in [6.45, 7) is 1.03. The van der Waals surface area contributed by atoms with Gasteiger partial charge in [-0.15, -0.1) is 0 Å². The minimum absolute atomic E-state index is 0.0509. The van der Waals surface area contributed by atoms with Crippen LogP contribution in [0.3, 0.4) is 0 Å². The molecule has 0 radical (unpaired) electrons. The molecule has 0 spiro atoms. The molecule has 2 heterocycles. The Bertz CT molecular complexity index is 1220. The van der Waals surface area contributed by atoms with Gasteiger partial charge in [-0.05, 0) is 75.2 Å². The Kier molecular flexibility index (Phi) is 6.31. The van der Waals surface area contributed by atoms with Crippen molar-refractivity contribution in [2.24, 2.45) is 0 Å². The second kappa shape index (κ2) is 9.24. The number of hydrogen-bond donors (Lipinski definition) is 2. The molecule has 1 saturated heterocycles. The van der Waals surface area contributed by atoms with Crippen LogP contribution in [0.1, 0.15) is 31.2 Å². The molecular weight excluding hydrogens is 472 g/mol. The zero-order valence-electron chi connectivity index (χ0n) is 19.6. The van der Waals surface area contributed by atoms with Crippen LogP contribution in [0.2, 0.25) is 5.02 Å². The third-order valence-electron chi connectivity index (χ3n) is 7.39. The SMILES string of the molecule is COc1ccc([C@@]23CC[C@H](NC(=O)Nc4nc5ccc(Cl)cc5s4)C[C@H]2N(C)CC3)cc1OC. The molecule has 2 amide bonds. The van der Waals surface area contributed by atoms with Gasteiger partial charge in [-0.25, -0.2) is 9.78 Å². The average Bonchev–Trinajstić information content (AvgIpc) is 3.38. The van der Waals surface area contributed by atoms with Gasteiger partial charge in [-0.1, -0.05) is 29.0 Å². The van der Waals surface area contributed by atoms with Crippen LogP contribution in [0.4, 0.5) is 9.93 Å². The highest BCUT2D eigenvalue weighted by molar-refractivity contribution is 7.22. The number of carbonyl (C=O) groups is 1. The Morgan fingerprint density at radius 3 is 2.79 bits per heavy atom. The zero-order chi connectivity index (χ0) is 23.9. The Hall–Kier alpha value is -2.55. The Morgan fingerprint density at radius 2 is 2.00 bits per heavy atom. The molecule has 2 aromatic carbocycles. The van der Waals surface area contributed by atoms with Gasteiger partial charge in [0.1, 0.15) is 0 Å². The monoisotopic (exact) mass is 500 g/mol. The van der Waals surface area contributed by atoms with Gasteiger partial charge in [-0.2, -0.15) is 0 Å². The predicted molar refractivity (Wildman–Crippen MR) is 137 cm³/mol. The maximum atomic E-state index is 12.8. The largest absolute Gasteiger partial charge is 0.493 e. The van der Waals surface area contributed by atoms with Gasteiger partial charge >= 0.3 is 6.03 Å². The summed E-state index contributed by atoms with van der Waals surface area (Å²) in [5.41, 5.74) is 2.17. The van der Waals surface area contributed by atoms with Crippen molar-refractivity contribution in [2.45, 2.75) is 43.2 Å². The van der Waals surface area contributed by atoms with E-state index in [0.717, 1.165) is 53.9 Å². The molecule has 1 aromatic heterocycles. The molecule has 9 heteroatoms. The number of halogens is 1. The van der Waals surface area contributed by atoms with E-state index < -0.39 is 0 Å². The number of nitrogens with one attached hydrogen (secondary N) is 2. The number of carbonyl (C=O) groups excluding carboxylic acids is 1. The smallest absolute Gasteiger partial charge is 0.321 e. The number of hydrogen-bond acceptors (Lipinski definition) is 6. The highest BCUT2D eigenvalue weighted by Gasteiger charge is 2.50. The van der Waals surface area contributed by atoms with Crippen LogP contribution in [0.15, 0.2) is 36.4 Å². The molecule has 7 nitrogen and oxygen atoms in total. The van der Waals surface area contributed by atoms with Crippen molar-refractivity contribution >= 4 is 44.3 Å². The lowest BCUT2D eigenvalue weighted by Crippen LogP contribution is -2.52. The molecule has 3 aromatic rings. The summed E-state index contributed by atoms with van der Waals surface area (Å²) in [5, 5.41) is 7.33. The lowest BCUT2D eigenvalue weighted by atomic mass is 9.65. The van der Waals surface area contributed by atoms with E-state index in [-0.39, 0.29) is 17.5 Å². The van der Waals surface area contributed by atoms with Crippen molar-refractivity contribution in [3.8, 4) is 11.5 Å². The van der Waals surface area contributed by atoms with E-state index in [0.29, 0.717) is 16.2 Å². The van der Waals surface area contributed by atoms with Gasteiger partial charge in [-0.3, -0.25) is 5.32 Å². The minimum Gasteiger partial charge on any atom is -0.493 e. The molecule has 2 aliphatic rings. The molecular formula is C25H29ClN4O3S. The number of methoxy groups -OCH3 is 2. The van der Waals surface area contributed by atoms with Crippen molar-refractivity contribution in [2.75, 3.05) is 33.1 Å². The number of benzene rings is 2. The molecule has 0 unspecified atom stereocenters. The van der Waals surface area contributed by atoms with Crippen LogP contribution in [-0.4, -0.2) is 55.8 Å². The van der Waals surface area contributed by atoms with E-state index in [4.69, 9.17) is 21.1 Å². The molecule has 2 fully saturated rings. The fourth-order valence-electron chi connectivity index (χ4n) is 5.67. The number of likely N-dealkylation sites (N-methyl/N-ethyl adjacent to an activating group) is 1. The Morgan fingerprint density at radius 1 is 1.18 bits per heavy atom. The second-order valence-electron chi connectivity index (χ2n) is 9.17. The van der Waals surface area contributed by atoms with Gasteiger partial charge < -0.3 is 19.7 Å². The molecule has 3 atom stereocenters. The third-order valence-corrected chi connectivity index (χ3v) is 8.56. The first kappa shape index (κ1) is 23.2. The number of urea groups is 1. The Labute approximate surface area is 208 Å². The summed E-state index contributed by atoms with van der Waals surface area (Å²) >= 11 is 7.49. The van der Waals surface area contributed by atoms with Gasteiger partial charge in [0.2, 0.25) is 0 Å². The van der Waals surface area contributed by atoms with Gasteiger partial charge in [0.25, 0.3) is 0 Å². The number of rotatable bonds is 5. The van der Waals surface area contributed by atoms with E-state index in [1.165, 1.54) is 16.9 Å². The molecule has 5 rings (SSSR count). The summed E-state index contributed by atoms with van der Waals surface area (Å²) in [4.78, 5) is 19.7. The van der Waals surface area contributed by atoms with Crippen LogP contribution in [0.5, 0.6) is 11.5 Å². The highest BCUT2D eigenvalue weighted by Crippen LogP contribution is 2.49. The first-order valence-corrected chi connectivity index (χ1v) is 12.7. The fourth-order valence-corrected chi connectivity index (χ4v) is 6.80. The van der Waals surface area contributed by atoms with Crippen molar-refractivity contribution in [1.29, 1.82) is 0 Å². The molecule has 1 saturated carbocycles. The van der Waals surface area contributed by atoms with Crippen LogP contribution in [0, 0.1) is 0 Å². The maximum absolute atomic E-state index is 12.8. The van der Waals surface area contributed by atoms with E-state index in [2.05, 4.69) is 39.7 Å². The molecule has 1 aliphatic carbocycles. The molecule has 180 valence electrons. The van der Waals surface area contributed by atoms with Gasteiger partial charge in [0, 0.05) is 22.5 Å². The minimum atomic E-state index is -0.214. The highest BCUT2D eigenvalue weighted by atomic mass is 35.5. The van der Waals surface area contributed by atoms with Crippen molar-refractivity contribution in [1.82, 2.24) is 15.2 Å². The normalized spacial score (nSPS) is 24.6. The van der Waals surface area contributed by atoms with E-state index in [1.807, 2.05) is 18.2 Å². The number of amides is 2.